The van der Waals surface area contributed by atoms with E-state index in [0.717, 1.165) is 12.8 Å². The van der Waals surface area contributed by atoms with Crippen molar-refractivity contribution in [2.45, 2.75) is 65.5 Å². The maximum absolute atomic E-state index is 5.82. The van der Waals surface area contributed by atoms with Crippen LogP contribution in [0, 0.1) is 0 Å². The summed E-state index contributed by atoms with van der Waals surface area (Å²) in [6.45, 7) is 12.6. The van der Waals surface area contributed by atoms with Crippen molar-refractivity contribution in [3.63, 3.8) is 0 Å². The van der Waals surface area contributed by atoms with E-state index in [2.05, 4.69) is 51.9 Å². The highest BCUT2D eigenvalue weighted by Gasteiger charge is 2.17. The van der Waals surface area contributed by atoms with Crippen LogP contribution in [0.1, 0.15) is 54.4 Å². The first-order valence-corrected chi connectivity index (χ1v) is 5.30. The molecule has 0 heterocycles. The molecule has 0 aliphatic rings. The third-order valence-electron chi connectivity index (χ3n) is 1.79. The number of nitrogens with one attached hydrogen (secondary N) is 1. The van der Waals surface area contributed by atoms with Crippen molar-refractivity contribution in [2.75, 3.05) is 0 Å². The van der Waals surface area contributed by atoms with E-state index in [-0.39, 0.29) is 11.1 Å². The molecule has 3 N–H and O–H groups in total. The molecule has 0 aromatic rings. The number of hydrogen-bond donors (Lipinski definition) is 2. The van der Waals surface area contributed by atoms with Crippen LogP contribution in [-0.4, -0.2) is 17.0 Å². The predicted molar refractivity (Wildman–Crippen MR) is 63.5 cm³/mol. The highest BCUT2D eigenvalue weighted by atomic mass is 15.1. The van der Waals surface area contributed by atoms with Crippen molar-refractivity contribution < 1.29 is 0 Å². The van der Waals surface area contributed by atoms with Gasteiger partial charge in [0.05, 0.1) is 5.54 Å². The molecule has 0 amide bonds. The second-order valence-corrected chi connectivity index (χ2v) is 5.43. The Hall–Kier alpha value is -0.730. The highest BCUT2D eigenvalue weighted by molar-refractivity contribution is 5.78. The van der Waals surface area contributed by atoms with Gasteiger partial charge in [0.1, 0.15) is 0 Å². The molecule has 0 aromatic carbocycles. The minimum absolute atomic E-state index is 0.0180. The minimum Gasteiger partial charge on any atom is -0.370 e. The zero-order chi connectivity index (χ0) is 11.4. The predicted octanol–water partition coefficient (Wildman–Crippen LogP) is 2.27. The fourth-order valence-corrected chi connectivity index (χ4v) is 1.41. The van der Waals surface area contributed by atoms with Crippen LogP contribution in [0.3, 0.4) is 0 Å². The van der Waals surface area contributed by atoms with E-state index in [1.807, 2.05) is 0 Å². The van der Waals surface area contributed by atoms with Crippen molar-refractivity contribution >= 4 is 5.96 Å². The Labute approximate surface area is 88.2 Å². The summed E-state index contributed by atoms with van der Waals surface area (Å²) in [7, 11) is 0. The zero-order valence-corrected chi connectivity index (χ0v) is 10.4. The quantitative estimate of drug-likeness (QED) is 0.541. The maximum atomic E-state index is 5.82. The van der Waals surface area contributed by atoms with Gasteiger partial charge in [-0.25, -0.2) is 4.99 Å². The lowest BCUT2D eigenvalue weighted by atomic mass is 10.0. The van der Waals surface area contributed by atoms with Gasteiger partial charge in [-0.1, -0.05) is 13.3 Å². The second-order valence-electron chi connectivity index (χ2n) is 5.43. The van der Waals surface area contributed by atoms with Crippen LogP contribution in [0.15, 0.2) is 4.99 Å². The first kappa shape index (κ1) is 13.3. The number of nitrogens with two attached hydrogens (primary N) is 1. The van der Waals surface area contributed by atoms with Crippen LogP contribution < -0.4 is 11.1 Å². The molecule has 84 valence electrons. The molecule has 0 saturated carbocycles. The lowest BCUT2D eigenvalue weighted by Gasteiger charge is -2.25. The van der Waals surface area contributed by atoms with Crippen LogP contribution in [-0.2, 0) is 0 Å². The van der Waals surface area contributed by atoms with Crippen LogP contribution in [0.5, 0.6) is 0 Å². The number of hydrogen-bond acceptors (Lipinski definition) is 1. The first-order valence-electron chi connectivity index (χ1n) is 5.30. The molecule has 0 spiro atoms. The molecule has 0 saturated heterocycles. The number of rotatable bonds is 3. The average Bonchev–Trinajstić information content (AvgIpc) is 1.78. The number of aliphatic imine (C=N–C) groups is 1. The summed E-state index contributed by atoms with van der Waals surface area (Å²) in [4.78, 5) is 4.47. The molecule has 3 heteroatoms. The van der Waals surface area contributed by atoms with Gasteiger partial charge in [-0.3, -0.25) is 0 Å². The average molecular weight is 199 g/mol. The molecular weight excluding hydrogens is 174 g/mol. The van der Waals surface area contributed by atoms with Crippen molar-refractivity contribution in [1.29, 1.82) is 0 Å². The van der Waals surface area contributed by atoms with E-state index in [1.54, 1.807) is 0 Å². The molecule has 0 aliphatic heterocycles. The molecule has 0 bridgehead atoms. The normalized spacial score (nSPS) is 14.3. The lowest BCUT2D eigenvalue weighted by Crippen LogP contribution is -2.46. The summed E-state index contributed by atoms with van der Waals surface area (Å²) >= 11 is 0. The third-order valence-corrected chi connectivity index (χ3v) is 1.79. The summed E-state index contributed by atoms with van der Waals surface area (Å²) in [5.41, 5.74) is 5.74. The van der Waals surface area contributed by atoms with E-state index < -0.39 is 0 Å². The molecule has 0 aliphatic carbocycles. The number of guanidine groups is 1. The fraction of sp³-hybridized carbons (Fsp3) is 0.909. The smallest absolute Gasteiger partial charge is 0.189 e. The number of nitrogens with zero attached hydrogens (tertiary/aromatic N) is 1. The summed E-state index contributed by atoms with van der Waals surface area (Å²) in [5, 5.41) is 3.16. The molecule has 0 fully saturated rings. The van der Waals surface area contributed by atoms with Crippen molar-refractivity contribution in [3.05, 3.63) is 0 Å². The van der Waals surface area contributed by atoms with Gasteiger partial charge in [-0.2, -0.15) is 0 Å². The Morgan fingerprint density at radius 1 is 1.21 bits per heavy atom. The molecule has 3 nitrogen and oxygen atoms in total. The summed E-state index contributed by atoms with van der Waals surface area (Å²) in [5.74, 6) is 0.538. The molecule has 0 radical (unpaired) electrons. The van der Waals surface area contributed by atoms with E-state index in [4.69, 9.17) is 5.73 Å². The van der Waals surface area contributed by atoms with Gasteiger partial charge in [0, 0.05) is 5.54 Å². The summed E-state index contributed by atoms with van der Waals surface area (Å²) in [6.07, 6.45) is 2.18. The third kappa shape index (κ3) is 6.75. The lowest BCUT2D eigenvalue weighted by molar-refractivity contribution is 0.459. The van der Waals surface area contributed by atoms with Gasteiger partial charge in [0.25, 0.3) is 0 Å². The van der Waals surface area contributed by atoms with E-state index in [1.165, 1.54) is 0 Å². The van der Waals surface area contributed by atoms with Gasteiger partial charge in [-0.05, 0) is 41.0 Å². The topological polar surface area (TPSA) is 50.4 Å². The SMILES string of the molecule is CCCC(C)(C)N=C(N)NC(C)(C)C. The Morgan fingerprint density at radius 3 is 2.07 bits per heavy atom. The Bertz CT molecular complexity index is 199. The van der Waals surface area contributed by atoms with E-state index >= 15 is 0 Å². The van der Waals surface area contributed by atoms with Crippen molar-refractivity contribution in [2.24, 2.45) is 10.7 Å². The van der Waals surface area contributed by atoms with Gasteiger partial charge in [0.2, 0.25) is 0 Å². The Balaban J connectivity index is 4.36. The van der Waals surface area contributed by atoms with E-state index in [0.29, 0.717) is 5.96 Å². The molecule has 0 unspecified atom stereocenters. The van der Waals surface area contributed by atoms with Gasteiger partial charge in [0.15, 0.2) is 5.96 Å². The Kier molecular flexibility index (Phi) is 4.43. The second kappa shape index (κ2) is 4.67. The minimum atomic E-state index is -0.0584. The summed E-state index contributed by atoms with van der Waals surface area (Å²) in [6, 6.07) is 0. The van der Waals surface area contributed by atoms with Crippen LogP contribution in [0.25, 0.3) is 0 Å². The Morgan fingerprint density at radius 2 is 1.71 bits per heavy atom. The molecule has 0 aromatic heterocycles. The van der Waals surface area contributed by atoms with Gasteiger partial charge < -0.3 is 11.1 Å². The van der Waals surface area contributed by atoms with Gasteiger partial charge in [-0.15, -0.1) is 0 Å². The first-order chi connectivity index (χ1) is 6.16. The molecule has 0 rings (SSSR count). The fourth-order valence-electron chi connectivity index (χ4n) is 1.41. The zero-order valence-electron chi connectivity index (χ0n) is 10.4. The van der Waals surface area contributed by atoms with Gasteiger partial charge >= 0.3 is 0 Å². The van der Waals surface area contributed by atoms with Crippen LogP contribution in [0.2, 0.25) is 0 Å². The molecule has 14 heavy (non-hydrogen) atoms. The highest BCUT2D eigenvalue weighted by Crippen LogP contribution is 2.16. The van der Waals surface area contributed by atoms with Crippen molar-refractivity contribution in [1.82, 2.24) is 5.32 Å². The summed E-state index contributed by atoms with van der Waals surface area (Å²) < 4.78 is 0. The van der Waals surface area contributed by atoms with Crippen LogP contribution >= 0.6 is 0 Å². The molecule has 0 atom stereocenters. The molecular formula is C11H25N3. The van der Waals surface area contributed by atoms with Crippen LogP contribution in [0.4, 0.5) is 0 Å². The van der Waals surface area contributed by atoms with Crippen molar-refractivity contribution in [3.8, 4) is 0 Å². The monoisotopic (exact) mass is 199 g/mol. The maximum Gasteiger partial charge on any atom is 0.189 e. The van der Waals surface area contributed by atoms with E-state index in [9.17, 15) is 0 Å². The largest absolute Gasteiger partial charge is 0.370 e. The standard InChI is InChI=1S/C11H25N3/c1-7-8-11(5,6)14-9(12)13-10(2,3)4/h7-8H2,1-6H3,(H3,12,13,14).